The first-order chi connectivity index (χ1) is 52.1. The molecule has 1 aromatic carbocycles. The number of carbonyl (C=O) groups excluding carboxylic acids is 3. The highest BCUT2D eigenvalue weighted by Crippen LogP contribution is 2.43. The Morgan fingerprint density at radius 2 is 0.839 bits per heavy atom. The second kappa shape index (κ2) is 34.1. The number of nitrogens with one attached hydrogen (secondary N) is 3. The summed E-state index contributed by atoms with van der Waals surface area (Å²) in [5.41, 5.74) is 2.49. The number of benzene rings is 1. The van der Waals surface area contributed by atoms with Crippen molar-refractivity contribution in [2.45, 2.75) is 226 Å². The molecule has 3 saturated heterocycles. The third-order valence-corrected chi connectivity index (χ3v) is 23.3. The van der Waals surface area contributed by atoms with E-state index in [1.165, 1.54) is 30.3 Å². The minimum atomic E-state index is -4.31. The van der Waals surface area contributed by atoms with E-state index in [1.54, 1.807) is 78.9 Å². The Morgan fingerprint density at radius 3 is 1.17 bits per heavy atom. The fourth-order valence-corrected chi connectivity index (χ4v) is 16.8. The Morgan fingerprint density at radius 1 is 0.491 bits per heavy atom. The van der Waals surface area contributed by atoms with E-state index < -0.39 is 47.8 Å². The quantitative estimate of drug-likeness (QED) is 0.0531. The second-order valence-corrected chi connectivity index (χ2v) is 39.7. The monoisotopic (exact) mass is 1600 g/mol. The summed E-state index contributed by atoms with van der Waals surface area (Å²) >= 11 is 0. The van der Waals surface area contributed by atoms with Crippen molar-refractivity contribution in [3.05, 3.63) is 161 Å². The highest BCUT2D eigenvalue weighted by molar-refractivity contribution is 7.90. The molecular weight excluding hydrogens is 1490 g/mol. The predicted molar refractivity (Wildman–Crippen MR) is 433 cm³/mol. The van der Waals surface area contributed by atoms with Gasteiger partial charge in [0, 0.05) is 87.8 Å². The smallest absolute Gasteiger partial charge is 0.281 e. The van der Waals surface area contributed by atoms with Gasteiger partial charge in [0.2, 0.25) is 24.4 Å². The third kappa shape index (κ3) is 21.6. The van der Waals surface area contributed by atoms with Crippen molar-refractivity contribution in [3.8, 4) is 29.1 Å². The summed E-state index contributed by atoms with van der Waals surface area (Å²) in [4.78, 5) is 73.5. The molecule has 3 atom stereocenters. The molecule has 4 aliphatic heterocycles. The maximum absolute atomic E-state index is 13.5. The Kier molecular flexibility index (Phi) is 26.3. The number of nitrogens with zero attached hydrogens (tertiary/aromatic N) is 9. The lowest BCUT2D eigenvalue weighted by atomic mass is 9.91. The predicted octanol–water partition coefficient (Wildman–Crippen LogP) is 14.2. The molecule has 3 fully saturated rings. The van der Waals surface area contributed by atoms with Gasteiger partial charge in [0.05, 0.1) is 23.3 Å². The topological polar surface area (TPSA) is 323 Å². The molecule has 26 nitrogen and oxygen atoms in total. The lowest BCUT2D eigenvalue weighted by Gasteiger charge is -2.34. The van der Waals surface area contributed by atoms with Crippen molar-refractivity contribution in [2.75, 3.05) is 54.3 Å². The second-order valence-electron chi connectivity index (χ2n) is 34.8. The standard InChI is InChI=1S/C30H36N4O6S.C27H40N4O4S.C26H36N4O4S/c1-19-15-30(5,6)34(16-19)27-21(11-13-24(31-27)29(2,3)4)28(35)33-41(36,37)26-9-7-8-25(32-26)38-17-20-10-12-22-23(14-20)40-18-39-22;1-18(2)14-15-35-22-10-9-11-23(29-22)36(33,34)30-25(32)20-12-13-21(26(4,5)6)28-24(20)31-17-19(3)16-27(31,7)8;1-8-9-15-34-21-11-10-12-22(28-21)35(32,33)29-24(31)19-13-14-20(25(3,4)5)27-23(19)30-17-18(2)16-26(30,6)7/h7-14,19H,15-18H2,1-6H3,(H,33,35);9-13,18-19H,14-17H2,1-8H3,(H,30,32);8-14,18H,15-17H2,1-7H3,(H,29,31)/b;;9-8+. The van der Waals surface area contributed by atoms with E-state index in [1.807, 2.05) is 39.8 Å². The Balaban J connectivity index is 0.000000194. The van der Waals surface area contributed by atoms with Crippen LogP contribution < -0.4 is 52.6 Å². The van der Waals surface area contributed by atoms with Gasteiger partial charge >= 0.3 is 0 Å². The molecule has 11 rings (SSSR count). The van der Waals surface area contributed by atoms with Crippen molar-refractivity contribution in [1.29, 1.82) is 0 Å². The molecule has 0 bridgehead atoms. The number of ether oxygens (including phenoxy) is 5. The normalized spacial score (nSPS) is 18.0. The number of fused-ring (bicyclic) bond motifs is 1. The van der Waals surface area contributed by atoms with E-state index in [4.69, 9.17) is 38.6 Å². The summed E-state index contributed by atoms with van der Waals surface area (Å²) < 4.78 is 113. The van der Waals surface area contributed by atoms with E-state index in [0.717, 1.165) is 61.4 Å². The van der Waals surface area contributed by atoms with Gasteiger partial charge in [0.15, 0.2) is 26.6 Å². The fraction of sp³-hybridized carbons (Fsp3) is 0.506. The maximum atomic E-state index is 13.5. The van der Waals surface area contributed by atoms with Gasteiger partial charge in [0.1, 0.15) is 30.7 Å². The first kappa shape index (κ1) is 86.5. The number of sulfonamides is 3. The van der Waals surface area contributed by atoms with Crippen molar-refractivity contribution < 1.29 is 63.3 Å². The van der Waals surface area contributed by atoms with E-state index in [2.05, 4.69) is 162 Å². The molecule has 6 aromatic heterocycles. The molecule has 0 spiro atoms. The van der Waals surface area contributed by atoms with Crippen molar-refractivity contribution in [1.82, 2.24) is 44.1 Å². The number of carbonyl (C=O) groups is 3. The lowest BCUT2D eigenvalue weighted by molar-refractivity contribution is 0.0972. The highest BCUT2D eigenvalue weighted by Gasteiger charge is 2.43. The molecule has 0 aliphatic carbocycles. The molecule has 0 radical (unpaired) electrons. The van der Waals surface area contributed by atoms with Crippen LogP contribution >= 0.6 is 0 Å². The number of aromatic nitrogens is 6. The summed E-state index contributed by atoms with van der Waals surface area (Å²) in [5.74, 6) is 2.65. The molecule has 10 heterocycles. The minimum absolute atomic E-state index is 0.0997. The van der Waals surface area contributed by atoms with Crippen LogP contribution in [0.15, 0.2) is 136 Å². The first-order valence-electron chi connectivity index (χ1n) is 38.0. The summed E-state index contributed by atoms with van der Waals surface area (Å²) in [6.45, 7) is 46.9. The summed E-state index contributed by atoms with van der Waals surface area (Å²) in [7, 11) is -12.8. The van der Waals surface area contributed by atoms with Crippen LogP contribution in [-0.2, 0) is 52.9 Å². The molecule has 3 amide bonds. The molecule has 3 N–H and O–H groups in total. The fourth-order valence-electron chi connectivity index (χ4n) is 14.0. The van der Waals surface area contributed by atoms with Gasteiger partial charge in [-0.25, -0.2) is 29.1 Å². The number of hydrogen-bond acceptors (Lipinski definition) is 23. The molecule has 0 saturated carbocycles. The first-order valence-corrected chi connectivity index (χ1v) is 42.4. The minimum Gasteiger partial charge on any atom is -0.478 e. The number of pyridine rings is 6. The van der Waals surface area contributed by atoms with Gasteiger partial charge in [0.25, 0.3) is 47.8 Å². The summed E-state index contributed by atoms with van der Waals surface area (Å²) in [6.07, 6.45) is 7.23. The number of allylic oxidation sites excluding steroid dienone is 1. The molecule has 3 unspecified atom stereocenters. The van der Waals surface area contributed by atoms with Crippen LogP contribution in [0, 0.1) is 23.7 Å². The lowest BCUT2D eigenvalue weighted by Crippen LogP contribution is -2.41. The van der Waals surface area contributed by atoms with Crippen LogP contribution in [0.25, 0.3) is 0 Å². The van der Waals surface area contributed by atoms with Crippen LogP contribution in [0.3, 0.4) is 0 Å². The van der Waals surface area contributed by atoms with Gasteiger partial charge in [-0.3, -0.25) is 14.4 Å². The summed E-state index contributed by atoms with van der Waals surface area (Å²) in [5, 5.41) is -0.890. The number of rotatable bonds is 22. The van der Waals surface area contributed by atoms with Crippen LogP contribution in [0.5, 0.6) is 29.1 Å². The zero-order valence-electron chi connectivity index (χ0n) is 68.6. The maximum Gasteiger partial charge on any atom is 0.281 e. The molecular formula is C83H112N12O14S3. The Bertz CT molecular complexity index is 4970. The molecule has 606 valence electrons. The van der Waals surface area contributed by atoms with Gasteiger partial charge in [-0.05, 0) is 170 Å². The van der Waals surface area contributed by atoms with E-state index in [-0.39, 0.29) is 102 Å². The average Bonchev–Trinajstić information content (AvgIpc) is 1.58. The van der Waals surface area contributed by atoms with E-state index in [9.17, 15) is 39.6 Å². The largest absolute Gasteiger partial charge is 0.478 e. The van der Waals surface area contributed by atoms with Gasteiger partial charge in [-0.2, -0.15) is 40.2 Å². The van der Waals surface area contributed by atoms with Gasteiger partial charge in [-0.1, -0.05) is 133 Å². The average molecular weight is 1600 g/mol. The molecule has 112 heavy (non-hydrogen) atoms. The third-order valence-electron chi connectivity index (χ3n) is 19.6. The van der Waals surface area contributed by atoms with Gasteiger partial charge < -0.3 is 38.4 Å². The summed E-state index contributed by atoms with van der Waals surface area (Å²) in [6, 6.07) is 29.0. The molecule has 7 aromatic rings. The SMILES string of the molecule is C/C=C/COc1cccc(S(=O)(=O)NC(=O)c2ccc(C(C)(C)C)nc2N2CC(C)CC2(C)C)n1.CC(C)CCOc1cccc(S(=O)(=O)NC(=O)c2ccc(C(C)(C)C)nc2N2CC(C)CC2(C)C)n1.CC1CN(c2nc(C(C)(C)C)ccc2C(=O)NS(=O)(=O)c2cccc(OCc3ccc4c(c3)OCO4)n2)C(C)(C)C1. The van der Waals surface area contributed by atoms with Crippen LogP contribution in [0.2, 0.25) is 0 Å². The van der Waals surface area contributed by atoms with E-state index in [0.29, 0.717) is 65.8 Å². The van der Waals surface area contributed by atoms with Crippen LogP contribution in [0.1, 0.15) is 225 Å². The van der Waals surface area contributed by atoms with Crippen LogP contribution in [-0.4, -0.2) is 129 Å². The Labute approximate surface area is 662 Å². The number of amides is 3. The number of anilines is 3. The van der Waals surface area contributed by atoms with Crippen molar-refractivity contribution in [3.63, 3.8) is 0 Å². The molecule has 4 aliphatic rings. The van der Waals surface area contributed by atoms with E-state index >= 15 is 0 Å². The Hall–Kier alpha value is -9.48. The zero-order valence-corrected chi connectivity index (χ0v) is 71.0. The van der Waals surface area contributed by atoms with Gasteiger partial charge in [-0.15, -0.1) is 0 Å². The highest BCUT2D eigenvalue weighted by atomic mass is 32.2. The van der Waals surface area contributed by atoms with Crippen LogP contribution in [0.4, 0.5) is 17.5 Å². The zero-order chi connectivity index (χ0) is 82.5. The van der Waals surface area contributed by atoms with Crippen molar-refractivity contribution in [2.24, 2.45) is 23.7 Å². The van der Waals surface area contributed by atoms with Crippen molar-refractivity contribution >= 4 is 65.2 Å². The molecule has 29 heteroatoms. The number of hydrogen-bond donors (Lipinski definition) is 3.